The lowest BCUT2D eigenvalue weighted by Crippen LogP contribution is -2.39. The molecule has 1 aromatic carbocycles. The SMILES string of the molecule is COc1cc2c(cc1O)CC=C1C2CC[C@@]2(C)C1CC[C@@H]2O. The maximum absolute atomic E-state index is 10.4. The number of phenols is 1. The van der Waals surface area contributed by atoms with Crippen LogP contribution in [-0.2, 0) is 6.42 Å². The summed E-state index contributed by atoms with van der Waals surface area (Å²) in [6.07, 6.45) is 7.26. The molecular weight excluding hydrogens is 276 g/mol. The minimum atomic E-state index is -0.157. The summed E-state index contributed by atoms with van der Waals surface area (Å²) >= 11 is 0. The number of allylic oxidation sites excluding steroid dienone is 2. The van der Waals surface area contributed by atoms with Crippen LogP contribution in [0.2, 0.25) is 0 Å². The smallest absolute Gasteiger partial charge is 0.160 e. The molecule has 0 heterocycles. The van der Waals surface area contributed by atoms with E-state index in [9.17, 15) is 10.2 Å². The first-order chi connectivity index (χ1) is 10.5. The van der Waals surface area contributed by atoms with Crippen molar-refractivity contribution < 1.29 is 14.9 Å². The first-order valence-corrected chi connectivity index (χ1v) is 8.32. The van der Waals surface area contributed by atoms with Gasteiger partial charge in [-0.15, -0.1) is 0 Å². The number of aliphatic hydroxyl groups is 1. The summed E-state index contributed by atoms with van der Waals surface area (Å²) in [7, 11) is 1.60. The van der Waals surface area contributed by atoms with E-state index in [-0.39, 0.29) is 17.3 Å². The molecule has 118 valence electrons. The molecule has 2 N–H and O–H groups in total. The van der Waals surface area contributed by atoms with E-state index in [4.69, 9.17) is 4.74 Å². The molecule has 0 saturated heterocycles. The number of aromatic hydroxyl groups is 1. The van der Waals surface area contributed by atoms with Crippen molar-refractivity contribution in [1.82, 2.24) is 0 Å². The van der Waals surface area contributed by atoms with Gasteiger partial charge in [-0.25, -0.2) is 0 Å². The molecule has 0 radical (unpaired) electrons. The maximum atomic E-state index is 10.4. The van der Waals surface area contributed by atoms with Crippen LogP contribution in [0.1, 0.15) is 49.7 Å². The van der Waals surface area contributed by atoms with Crippen molar-refractivity contribution >= 4 is 0 Å². The van der Waals surface area contributed by atoms with Crippen molar-refractivity contribution in [3.63, 3.8) is 0 Å². The average molecular weight is 300 g/mol. The minimum absolute atomic E-state index is 0.0564. The van der Waals surface area contributed by atoms with Gasteiger partial charge in [0, 0.05) is 11.3 Å². The second kappa shape index (κ2) is 4.76. The monoisotopic (exact) mass is 300 g/mol. The zero-order valence-corrected chi connectivity index (χ0v) is 13.3. The largest absolute Gasteiger partial charge is 0.504 e. The van der Waals surface area contributed by atoms with Crippen LogP contribution in [-0.4, -0.2) is 23.4 Å². The third-order valence-electron chi connectivity index (χ3n) is 6.44. The molecule has 3 aliphatic carbocycles. The molecule has 0 aromatic heterocycles. The fraction of sp³-hybridized carbons (Fsp3) is 0.579. The number of aliphatic hydroxyl groups excluding tert-OH is 1. The highest BCUT2D eigenvalue weighted by Gasteiger charge is 2.52. The molecule has 3 heteroatoms. The number of phenolic OH excluding ortho intramolecular Hbond substituents is 1. The highest BCUT2D eigenvalue weighted by atomic mass is 16.5. The van der Waals surface area contributed by atoms with Gasteiger partial charge in [-0.3, -0.25) is 0 Å². The van der Waals surface area contributed by atoms with Gasteiger partial charge >= 0.3 is 0 Å². The maximum Gasteiger partial charge on any atom is 0.160 e. The summed E-state index contributed by atoms with van der Waals surface area (Å²) in [6.45, 7) is 2.26. The van der Waals surface area contributed by atoms with Crippen LogP contribution in [0.25, 0.3) is 0 Å². The third kappa shape index (κ3) is 1.78. The fourth-order valence-corrected chi connectivity index (χ4v) is 5.11. The van der Waals surface area contributed by atoms with Gasteiger partial charge in [0.05, 0.1) is 13.2 Å². The summed E-state index contributed by atoms with van der Waals surface area (Å²) in [5.41, 5.74) is 4.11. The van der Waals surface area contributed by atoms with Crippen molar-refractivity contribution in [1.29, 1.82) is 0 Å². The number of fused-ring (bicyclic) bond motifs is 5. The summed E-state index contributed by atoms with van der Waals surface area (Å²) < 4.78 is 5.30. The van der Waals surface area contributed by atoms with Gasteiger partial charge in [0.25, 0.3) is 0 Å². The van der Waals surface area contributed by atoms with Gasteiger partial charge < -0.3 is 14.9 Å². The van der Waals surface area contributed by atoms with E-state index in [2.05, 4.69) is 13.0 Å². The molecule has 0 amide bonds. The van der Waals surface area contributed by atoms with Crippen molar-refractivity contribution in [2.24, 2.45) is 11.3 Å². The van der Waals surface area contributed by atoms with Gasteiger partial charge in [0.1, 0.15) is 0 Å². The molecule has 3 nitrogen and oxygen atoms in total. The number of methoxy groups -OCH3 is 1. The van der Waals surface area contributed by atoms with E-state index < -0.39 is 0 Å². The zero-order chi connectivity index (χ0) is 15.5. The van der Waals surface area contributed by atoms with E-state index in [1.165, 1.54) is 16.7 Å². The Kier molecular flexibility index (Phi) is 3.06. The predicted molar refractivity (Wildman–Crippen MR) is 85.3 cm³/mol. The first-order valence-electron chi connectivity index (χ1n) is 8.32. The molecule has 2 saturated carbocycles. The number of ether oxygens (including phenoxy) is 1. The topological polar surface area (TPSA) is 49.7 Å². The van der Waals surface area contributed by atoms with Crippen molar-refractivity contribution in [3.8, 4) is 11.5 Å². The van der Waals surface area contributed by atoms with E-state index in [0.717, 1.165) is 32.1 Å². The first kappa shape index (κ1) is 14.1. The molecule has 22 heavy (non-hydrogen) atoms. The molecule has 2 fully saturated rings. The van der Waals surface area contributed by atoms with Crippen molar-refractivity contribution in [2.45, 2.75) is 51.0 Å². The van der Waals surface area contributed by atoms with Gasteiger partial charge in [-0.05, 0) is 61.3 Å². The van der Waals surface area contributed by atoms with Gasteiger partial charge in [0.15, 0.2) is 11.5 Å². The summed E-state index contributed by atoms with van der Waals surface area (Å²) in [5.74, 6) is 1.74. The normalized spacial score (nSPS) is 36.1. The van der Waals surface area contributed by atoms with Crippen LogP contribution < -0.4 is 4.74 Å². The second-order valence-electron chi connectivity index (χ2n) is 7.37. The lowest BCUT2D eigenvalue weighted by Gasteiger charge is -2.46. The second-order valence-corrected chi connectivity index (χ2v) is 7.37. The quantitative estimate of drug-likeness (QED) is 0.780. The van der Waals surface area contributed by atoms with Crippen LogP contribution in [0.15, 0.2) is 23.8 Å². The number of hydrogen-bond acceptors (Lipinski definition) is 3. The molecule has 0 bridgehead atoms. The van der Waals surface area contributed by atoms with E-state index in [0.29, 0.717) is 17.6 Å². The predicted octanol–water partition coefficient (Wildman–Crippen LogP) is 3.54. The van der Waals surface area contributed by atoms with E-state index >= 15 is 0 Å². The zero-order valence-electron chi connectivity index (χ0n) is 13.3. The molecule has 1 aromatic rings. The highest BCUT2D eigenvalue weighted by molar-refractivity contribution is 5.53. The number of rotatable bonds is 1. The van der Waals surface area contributed by atoms with Crippen LogP contribution in [0.4, 0.5) is 0 Å². The number of benzene rings is 1. The molecular formula is C19H24O3. The fourth-order valence-electron chi connectivity index (χ4n) is 5.11. The number of hydrogen-bond donors (Lipinski definition) is 2. The Labute approximate surface area is 131 Å². The molecule has 0 spiro atoms. The standard InChI is InChI=1S/C19H24O3/c1-19-8-7-12-13(15(19)5-6-18(19)21)4-3-11-9-16(20)17(22-2)10-14(11)12/h4,9-10,12,15,18,20-21H,3,5-8H2,1-2H3/t12?,15?,18-,19-/m0/s1. The van der Waals surface area contributed by atoms with E-state index in [1.54, 1.807) is 7.11 Å². The van der Waals surface area contributed by atoms with Crippen LogP contribution >= 0.6 is 0 Å². The summed E-state index contributed by atoms with van der Waals surface area (Å²) in [6, 6.07) is 3.88. The Hall–Kier alpha value is -1.48. The lowest BCUT2D eigenvalue weighted by atomic mass is 9.59. The van der Waals surface area contributed by atoms with Crippen LogP contribution in [0.3, 0.4) is 0 Å². The van der Waals surface area contributed by atoms with Gasteiger partial charge in [-0.2, -0.15) is 0 Å². The lowest BCUT2D eigenvalue weighted by molar-refractivity contribution is 0.0267. The van der Waals surface area contributed by atoms with Crippen LogP contribution in [0, 0.1) is 11.3 Å². The molecule has 4 atom stereocenters. The van der Waals surface area contributed by atoms with Gasteiger partial charge in [0.2, 0.25) is 0 Å². The Morgan fingerprint density at radius 3 is 2.82 bits per heavy atom. The average Bonchev–Trinajstić information content (AvgIpc) is 2.82. The van der Waals surface area contributed by atoms with Gasteiger partial charge in [-0.1, -0.05) is 18.6 Å². The summed E-state index contributed by atoms with van der Waals surface area (Å²) in [4.78, 5) is 0. The Bertz CT molecular complexity index is 648. The Morgan fingerprint density at radius 1 is 1.23 bits per heavy atom. The minimum Gasteiger partial charge on any atom is -0.504 e. The van der Waals surface area contributed by atoms with Crippen molar-refractivity contribution in [3.05, 3.63) is 34.9 Å². The Balaban J connectivity index is 1.76. The molecule has 2 unspecified atom stereocenters. The van der Waals surface area contributed by atoms with E-state index in [1.807, 2.05) is 12.1 Å². The summed E-state index contributed by atoms with van der Waals surface area (Å²) in [5, 5.41) is 20.4. The molecule has 4 rings (SSSR count). The van der Waals surface area contributed by atoms with Crippen LogP contribution in [0.5, 0.6) is 11.5 Å². The molecule has 3 aliphatic rings. The highest BCUT2D eigenvalue weighted by Crippen LogP contribution is 2.59. The third-order valence-corrected chi connectivity index (χ3v) is 6.44. The Morgan fingerprint density at radius 2 is 2.05 bits per heavy atom. The van der Waals surface area contributed by atoms with Crippen molar-refractivity contribution in [2.75, 3.05) is 7.11 Å². The molecule has 0 aliphatic heterocycles.